The van der Waals surface area contributed by atoms with Crippen molar-refractivity contribution in [3.8, 4) is 0 Å². The fourth-order valence-electron chi connectivity index (χ4n) is 1.50. The molecule has 0 bridgehead atoms. The predicted molar refractivity (Wildman–Crippen MR) is 44.3 cm³/mol. The Morgan fingerprint density at radius 1 is 1.40 bits per heavy atom. The number of aliphatic hydroxyl groups excluding tert-OH is 1. The fourth-order valence-corrected chi connectivity index (χ4v) is 1.50. The Kier molecular flexibility index (Phi) is 5.04. The highest BCUT2D eigenvalue weighted by atomic mass is 35.5. The minimum Gasteiger partial charge on any atom is -0.396 e. The molecule has 3 N–H and O–H groups in total. The van der Waals surface area contributed by atoms with Crippen LogP contribution in [0.3, 0.4) is 0 Å². The number of nitrogens with two attached hydrogens (primary N) is 1. The van der Waals surface area contributed by atoms with Crippen LogP contribution in [0.5, 0.6) is 0 Å². The number of halogens is 1. The van der Waals surface area contributed by atoms with Crippen LogP contribution in [0.2, 0.25) is 0 Å². The van der Waals surface area contributed by atoms with Gasteiger partial charge in [-0.15, -0.1) is 12.4 Å². The van der Waals surface area contributed by atoms with Crippen molar-refractivity contribution in [2.75, 3.05) is 6.61 Å². The third kappa shape index (κ3) is 2.86. The van der Waals surface area contributed by atoms with Gasteiger partial charge in [0.25, 0.3) is 0 Å². The van der Waals surface area contributed by atoms with Gasteiger partial charge in [-0.3, -0.25) is 0 Å². The van der Waals surface area contributed by atoms with E-state index >= 15 is 0 Å². The lowest BCUT2D eigenvalue weighted by Gasteiger charge is -2.24. The van der Waals surface area contributed by atoms with Crippen LogP contribution in [0, 0.1) is 5.92 Å². The standard InChI is InChI=1S/C7H15NO.ClH/c8-7-3-1-2-6(4-7)5-9;/h6-7,9H,1-5,8H2;1H/t6-,7+;/m0./s1. The van der Waals surface area contributed by atoms with Crippen molar-refractivity contribution in [2.24, 2.45) is 11.7 Å². The summed E-state index contributed by atoms with van der Waals surface area (Å²) in [5.74, 6) is 0.494. The first-order valence-electron chi connectivity index (χ1n) is 3.69. The lowest BCUT2D eigenvalue weighted by molar-refractivity contribution is 0.180. The number of rotatable bonds is 1. The van der Waals surface area contributed by atoms with E-state index in [4.69, 9.17) is 10.8 Å². The molecule has 3 heteroatoms. The molecule has 0 radical (unpaired) electrons. The second kappa shape index (κ2) is 4.94. The van der Waals surface area contributed by atoms with Crippen molar-refractivity contribution in [1.29, 1.82) is 0 Å². The SMILES string of the molecule is Cl.N[C@@H]1CCC[C@H](CO)C1. The molecule has 2 atom stereocenters. The molecule has 62 valence electrons. The van der Waals surface area contributed by atoms with Gasteiger partial charge in [-0.2, -0.15) is 0 Å². The molecule has 0 heterocycles. The minimum absolute atomic E-state index is 0. The lowest BCUT2D eigenvalue weighted by Crippen LogP contribution is -2.29. The van der Waals surface area contributed by atoms with Crippen LogP contribution >= 0.6 is 12.4 Å². The molecule has 0 aromatic carbocycles. The van der Waals surface area contributed by atoms with Crippen molar-refractivity contribution in [3.63, 3.8) is 0 Å². The molecule has 1 rings (SSSR count). The molecule has 0 aromatic rings. The van der Waals surface area contributed by atoms with E-state index in [1.807, 2.05) is 0 Å². The van der Waals surface area contributed by atoms with Gasteiger partial charge in [0.2, 0.25) is 0 Å². The summed E-state index contributed by atoms with van der Waals surface area (Å²) < 4.78 is 0. The largest absolute Gasteiger partial charge is 0.396 e. The minimum atomic E-state index is 0. The molecule has 0 spiro atoms. The molecule has 1 saturated carbocycles. The zero-order valence-electron chi connectivity index (χ0n) is 6.12. The number of hydrogen-bond acceptors (Lipinski definition) is 2. The molecule has 10 heavy (non-hydrogen) atoms. The second-order valence-electron chi connectivity index (χ2n) is 2.98. The number of aliphatic hydroxyl groups is 1. The summed E-state index contributed by atoms with van der Waals surface area (Å²) in [6.45, 7) is 0.327. The van der Waals surface area contributed by atoms with Crippen LogP contribution in [0.15, 0.2) is 0 Å². The zero-order chi connectivity index (χ0) is 6.69. The van der Waals surface area contributed by atoms with E-state index in [1.165, 1.54) is 12.8 Å². The molecule has 2 nitrogen and oxygen atoms in total. The fraction of sp³-hybridized carbons (Fsp3) is 1.00. The maximum absolute atomic E-state index is 8.75. The van der Waals surface area contributed by atoms with Crippen molar-refractivity contribution in [2.45, 2.75) is 31.7 Å². The van der Waals surface area contributed by atoms with E-state index in [9.17, 15) is 0 Å². The summed E-state index contributed by atoms with van der Waals surface area (Å²) in [6, 6.07) is 0.357. The van der Waals surface area contributed by atoms with Crippen molar-refractivity contribution < 1.29 is 5.11 Å². The molecule has 0 aliphatic heterocycles. The van der Waals surface area contributed by atoms with Gasteiger partial charge in [0.1, 0.15) is 0 Å². The van der Waals surface area contributed by atoms with Crippen molar-refractivity contribution in [3.05, 3.63) is 0 Å². The quantitative estimate of drug-likeness (QED) is 0.607. The van der Waals surface area contributed by atoms with Gasteiger partial charge in [-0.05, 0) is 25.2 Å². The summed E-state index contributed by atoms with van der Waals surface area (Å²) in [6.07, 6.45) is 4.55. The highest BCUT2D eigenvalue weighted by molar-refractivity contribution is 5.85. The zero-order valence-corrected chi connectivity index (χ0v) is 6.94. The molecular weight excluding hydrogens is 150 g/mol. The van der Waals surface area contributed by atoms with E-state index in [2.05, 4.69) is 0 Å². The van der Waals surface area contributed by atoms with E-state index in [-0.39, 0.29) is 12.4 Å². The van der Waals surface area contributed by atoms with Gasteiger partial charge >= 0.3 is 0 Å². The average molecular weight is 166 g/mol. The Hall–Kier alpha value is 0.210. The summed E-state index contributed by atoms with van der Waals surface area (Å²) in [5.41, 5.74) is 5.69. The summed E-state index contributed by atoms with van der Waals surface area (Å²) in [4.78, 5) is 0. The third-order valence-corrected chi connectivity index (χ3v) is 2.08. The van der Waals surface area contributed by atoms with Gasteiger partial charge in [-0.25, -0.2) is 0 Å². The first-order chi connectivity index (χ1) is 4.33. The van der Waals surface area contributed by atoms with Crippen LogP contribution < -0.4 is 5.73 Å². The normalized spacial score (nSPS) is 33.0. The monoisotopic (exact) mass is 165 g/mol. The Morgan fingerprint density at radius 2 is 2.10 bits per heavy atom. The average Bonchev–Trinajstić information content (AvgIpc) is 1.88. The predicted octanol–water partition coefficient (Wildman–Crippen LogP) is 0.918. The van der Waals surface area contributed by atoms with E-state index in [0.29, 0.717) is 18.6 Å². The molecule has 1 aliphatic rings. The topological polar surface area (TPSA) is 46.2 Å². The smallest absolute Gasteiger partial charge is 0.0459 e. The lowest BCUT2D eigenvalue weighted by atomic mass is 9.87. The highest BCUT2D eigenvalue weighted by Gasteiger charge is 2.17. The summed E-state index contributed by atoms with van der Waals surface area (Å²) in [7, 11) is 0. The Morgan fingerprint density at radius 3 is 2.50 bits per heavy atom. The first-order valence-corrected chi connectivity index (χ1v) is 3.69. The second-order valence-corrected chi connectivity index (χ2v) is 2.98. The maximum atomic E-state index is 8.75. The molecule has 1 aliphatic carbocycles. The van der Waals surface area contributed by atoms with Gasteiger partial charge in [0.05, 0.1) is 0 Å². The molecule has 0 unspecified atom stereocenters. The van der Waals surface area contributed by atoms with Crippen LogP contribution in [-0.4, -0.2) is 17.8 Å². The highest BCUT2D eigenvalue weighted by Crippen LogP contribution is 2.21. The van der Waals surface area contributed by atoms with Crippen LogP contribution in [0.25, 0.3) is 0 Å². The van der Waals surface area contributed by atoms with E-state index < -0.39 is 0 Å². The van der Waals surface area contributed by atoms with Gasteiger partial charge in [-0.1, -0.05) is 6.42 Å². The Bertz CT molecular complexity index is 89.7. The molecular formula is C7H16ClNO. The summed E-state index contributed by atoms with van der Waals surface area (Å²) in [5, 5.41) is 8.75. The Labute approximate surface area is 68.2 Å². The van der Waals surface area contributed by atoms with Crippen molar-refractivity contribution >= 4 is 12.4 Å². The van der Waals surface area contributed by atoms with Crippen LogP contribution in [-0.2, 0) is 0 Å². The Balaban J connectivity index is 0.000000810. The van der Waals surface area contributed by atoms with E-state index in [0.717, 1.165) is 12.8 Å². The third-order valence-electron chi connectivity index (χ3n) is 2.08. The van der Waals surface area contributed by atoms with Gasteiger partial charge in [0.15, 0.2) is 0 Å². The molecule has 0 aromatic heterocycles. The van der Waals surface area contributed by atoms with Crippen molar-refractivity contribution in [1.82, 2.24) is 0 Å². The van der Waals surface area contributed by atoms with Crippen LogP contribution in [0.4, 0.5) is 0 Å². The number of hydrogen-bond donors (Lipinski definition) is 2. The van der Waals surface area contributed by atoms with Gasteiger partial charge < -0.3 is 10.8 Å². The molecule has 0 amide bonds. The first kappa shape index (κ1) is 10.2. The summed E-state index contributed by atoms with van der Waals surface area (Å²) >= 11 is 0. The van der Waals surface area contributed by atoms with Gasteiger partial charge in [0, 0.05) is 12.6 Å². The molecule has 1 fully saturated rings. The maximum Gasteiger partial charge on any atom is 0.0459 e. The van der Waals surface area contributed by atoms with Crippen LogP contribution in [0.1, 0.15) is 25.7 Å². The molecule has 0 saturated heterocycles. The van der Waals surface area contributed by atoms with E-state index in [1.54, 1.807) is 0 Å².